The normalized spacial score (nSPS) is 48.4. The van der Waals surface area contributed by atoms with Gasteiger partial charge in [0.25, 0.3) is 0 Å². The number of ketones is 1. The van der Waals surface area contributed by atoms with Crippen molar-refractivity contribution < 1.29 is 112 Å². The molecule has 0 aromatic heterocycles. The van der Waals surface area contributed by atoms with Crippen molar-refractivity contribution >= 4 is 17.7 Å². The van der Waals surface area contributed by atoms with E-state index in [0.29, 0.717) is 25.7 Å². The lowest BCUT2D eigenvalue weighted by molar-refractivity contribution is -0.373. The van der Waals surface area contributed by atoms with E-state index in [0.717, 1.165) is 5.57 Å². The maximum atomic E-state index is 14.0. The van der Waals surface area contributed by atoms with Crippen LogP contribution < -0.4 is 0 Å². The van der Waals surface area contributed by atoms with Crippen molar-refractivity contribution in [2.75, 3.05) is 27.9 Å². The number of esters is 2. The molecule has 0 radical (unpaired) electrons. The third-order valence-electron chi connectivity index (χ3n) is 19.4. The number of hydrogen-bond acceptors (Lipinski definition) is 23. The van der Waals surface area contributed by atoms with Crippen LogP contribution in [0.3, 0.4) is 0 Å². The Hall–Kier alpha value is -3.15. The lowest BCUT2D eigenvalue weighted by Gasteiger charge is -2.68. The van der Waals surface area contributed by atoms with E-state index >= 15 is 0 Å². The minimum absolute atomic E-state index is 0.0136. The second-order valence-corrected chi connectivity index (χ2v) is 23.8. The zero-order chi connectivity index (χ0) is 58.0. The molecule has 23 nitrogen and oxygen atoms in total. The van der Waals surface area contributed by atoms with Crippen LogP contribution in [0.2, 0.25) is 0 Å². The summed E-state index contributed by atoms with van der Waals surface area (Å²) in [5.74, 6) is -3.37. The predicted octanol–water partition coefficient (Wildman–Crippen LogP) is 1.52. The van der Waals surface area contributed by atoms with Gasteiger partial charge in [-0.3, -0.25) is 9.59 Å². The van der Waals surface area contributed by atoms with E-state index in [9.17, 15) is 50.1 Å². The fourth-order valence-corrected chi connectivity index (χ4v) is 15.2. The molecular weight excluding hydrogens is 1050 g/mol. The highest BCUT2D eigenvalue weighted by Gasteiger charge is 2.81. The maximum absolute atomic E-state index is 14.0. The molecule has 4 aliphatic heterocycles. The average Bonchev–Trinajstić information content (AvgIpc) is 3.90. The maximum Gasteiger partial charge on any atom is 0.338 e. The summed E-state index contributed by atoms with van der Waals surface area (Å²) in [6, 6.07) is 8.35. The Bertz CT molecular complexity index is 2360. The first-order valence-electron chi connectivity index (χ1n) is 28.1. The van der Waals surface area contributed by atoms with Crippen LogP contribution in [0.1, 0.15) is 110 Å². The predicted molar refractivity (Wildman–Crippen MR) is 275 cm³/mol. The molecule has 4 saturated heterocycles. The number of Topliss-reactive ketones (excluding diaryl/α,β-unsaturated/α-hetero) is 1. The third-order valence-corrected chi connectivity index (χ3v) is 19.4. The molecule has 1 aromatic rings. The molecule has 0 unspecified atom stereocenters. The molecule has 80 heavy (non-hydrogen) atoms. The number of carbonyl (C=O) groups excluding carboxylic acids is 3. The highest BCUT2D eigenvalue weighted by atomic mass is 16.8. The second-order valence-electron chi connectivity index (χ2n) is 23.8. The van der Waals surface area contributed by atoms with E-state index in [-0.39, 0.29) is 43.1 Å². The number of aliphatic hydroxyl groups excluding tert-OH is 5. The van der Waals surface area contributed by atoms with E-state index in [1.165, 1.54) is 28.1 Å². The quantitative estimate of drug-likeness (QED) is 0.0912. The fourth-order valence-electron chi connectivity index (χ4n) is 15.2. The van der Waals surface area contributed by atoms with Gasteiger partial charge in [0.2, 0.25) is 0 Å². The molecule has 0 amide bonds. The average molecular weight is 1140 g/mol. The van der Waals surface area contributed by atoms with Gasteiger partial charge in [-0.05, 0) is 83.8 Å². The minimum atomic E-state index is -1.92. The number of rotatable bonds is 16. The first-order chi connectivity index (χ1) is 37.9. The SMILES string of the molecule is CO[C@H]1[C@@H](O)[C@H](O[C@H]2[C@@H](OC)C[C@H](O[C@H]3[C@@H](OC)C[C@H](O[C@H]4CC[C@@]5(C)C(=CC[C@]6(O)[C@@H]5[C@H](OC(C)=O)[C@@H](OC(=O)c5ccccc5)[C@]5(C)[C@H](C(C)=O)CC[C@@]56O)C4)O[C@@H]3C)O[C@@H]2C)O[C@H](C)[C@H]1O[C@@H]1O[C@H](CO)[C@@H](O)[C@H](O)[C@H]1O. The van der Waals surface area contributed by atoms with E-state index in [4.69, 9.17) is 61.6 Å². The van der Waals surface area contributed by atoms with Crippen LogP contribution in [0.4, 0.5) is 0 Å². The summed E-state index contributed by atoms with van der Waals surface area (Å²) in [7, 11) is 4.46. The van der Waals surface area contributed by atoms with Crippen LogP contribution in [0, 0.1) is 22.7 Å². The van der Waals surface area contributed by atoms with Gasteiger partial charge in [-0.1, -0.05) is 43.7 Å². The van der Waals surface area contributed by atoms with Crippen LogP contribution in [0.25, 0.3) is 0 Å². The fraction of sp³-hybridized carbons (Fsp3) is 0.807. The molecular formula is C57H84O23. The highest BCUT2D eigenvalue weighted by Crippen LogP contribution is 2.70. The van der Waals surface area contributed by atoms with Crippen molar-refractivity contribution in [1.29, 1.82) is 0 Å². The molecule has 9 rings (SSSR count). The summed E-state index contributed by atoms with van der Waals surface area (Å²) in [5, 5.41) is 78.8. The molecule has 0 bridgehead atoms. The summed E-state index contributed by atoms with van der Waals surface area (Å²) >= 11 is 0. The Labute approximate surface area is 466 Å². The largest absolute Gasteiger partial charge is 0.458 e. The second kappa shape index (κ2) is 24.1. The molecule has 7 fully saturated rings. The van der Waals surface area contributed by atoms with Gasteiger partial charge in [0.05, 0.1) is 48.8 Å². The molecule has 4 aliphatic carbocycles. The van der Waals surface area contributed by atoms with Gasteiger partial charge in [-0.25, -0.2) is 4.79 Å². The van der Waals surface area contributed by atoms with Gasteiger partial charge >= 0.3 is 11.9 Å². The zero-order valence-electron chi connectivity index (χ0n) is 47.3. The Morgan fingerprint density at radius 3 is 1.86 bits per heavy atom. The van der Waals surface area contributed by atoms with E-state index in [1.807, 2.05) is 19.9 Å². The monoisotopic (exact) mass is 1140 g/mol. The first-order valence-corrected chi connectivity index (χ1v) is 28.1. The van der Waals surface area contributed by atoms with Gasteiger partial charge in [-0.15, -0.1) is 0 Å². The molecule has 8 aliphatic rings. The summed E-state index contributed by atoms with van der Waals surface area (Å²) in [6.07, 6.45) is -17.4. The van der Waals surface area contributed by atoms with Crippen LogP contribution in [-0.4, -0.2) is 222 Å². The number of carbonyl (C=O) groups is 3. The van der Waals surface area contributed by atoms with Crippen LogP contribution in [0.15, 0.2) is 42.0 Å². The van der Waals surface area contributed by atoms with Gasteiger partial charge in [0, 0.05) is 58.3 Å². The van der Waals surface area contributed by atoms with E-state index in [2.05, 4.69) is 0 Å². The Balaban J connectivity index is 0.842. The minimum Gasteiger partial charge on any atom is -0.458 e. The van der Waals surface area contributed by atoms with Crippen molar-refractivity contribution in [2.45, 2.75) is 240 Å². The van der Waals surface area contributed by atoms with Crippen LogP contribution in [0.5, 0.6) is 0 Å². The number of hydrogen-bond donors (Lipinski definition) is 7. The van der Waals surface area contributed by atoms with Gasteiger partial charge < -0.3 is 97.3 Å². The summed E-state index contributed by atoms with van der Waals surface area (Å²) < 4.78 is 80.6. The smallest absolute Gasteiger partial charge is 0.338 e. The molecule has 0 spiro atoms. The molecule has 7 N–H and O–H groups in total. The molecule has 3 saturated carbocycles. The standard InChI is InChI=1S/C57H84O23/c1-26(59)34-18-21-57(67)55(34,7)50(80-51(65)31-14-12-11-13-15-31)48(74-30(5)60)49-54(6)19-17-33(22-32(54)16-20-56(49,57)66)75-38-23-35(68-8)44(27(2)71-38)77-39-24-36(69-9)45(28(3)72-39)78-53-43(64)47(70-10)46(29(4)73-53)79-52-42(63)41(62)40(61)37(25-58)76-52/h11-16,27-29,33-50,52-53,58,61-64,66-67H,17-25H2,1-10H3/t27-,28-,29-,33+,34+,35+,36+,37-,38+,39+,40-,41+,42-,43-,44-,45-,46-,47+,48+,49-,50-,52+,53+,54+,55+,56+,57-/m1/s1. The third kappa shape index (κ3) is 10.8. The molecule has 450 valence electrons. The van der Waals surface area contributed by atoms with E-state index in [1.54, 1.807) is 58.2 Å². The van der Waals surface area contributed by atoms with Crippen molar-refractivity contribution in [3.63, 3.8) is 0 Å². The molecule has 4 heterocycles. The topological polar surface area (TPSA) is 313 Å². The summed E-state index contributed by atoms with van der Waals surface area (Å²) in [4.78, 5) is 40.6. The zero-order valence-corrected chi connectivity index (χ0v) is 47.3. The Morgan fingerprint density at radius 1 is 0.662 bits per heavy atom. The van der Waals surface area contributed by atoms with Crippen LogP contribution >= 0.6 is 0 Å². The Kier molecular flexibility index (Phi) is 18.5. The lowest BCUT2D eigenvalue weighted by atomic mass is 9.42. The van der Waals surface area contributed by atoms with Crippen molar-refractivity contribution in [3.8, 4) is 0 Å². The number of ether oxygens (including phenoxy) is 13. The number of benzene rings is 1. The number of aliphatic hydroxyl groups is 7. The van der Waals surface area contributed by atoms with Gasteiger partial charge in [0.15, 0.2) is 25.2 Å². The molecule has 23 heteroatoms. The summed E-state index contributed by atoms with van der Waals surface area (Å²) in [5.41, 5.74) is -5.07. The number of fused-ring (bicyclic) bond motifs is 5. The Morgan fingerprint density at radius 2 is 1.26 bits per heavy atom. The van der Waals surface area contributed by atoms with Crippen LogP contribution in [-0.2, 0) is 71.2 Å². The lowest BCUT2D eigenvalue weighted by Crippen LogP contribution is -2.80. The van der Waals surface area contributed by atoms with Crippen molar-refractivity contribution in [2.24, 2.45) is 22.7 Å². The van der Waals surface area contributed by atoms with Crippen molar-refractivity contribution in [1.82, 2.24) is 0 Å². The first kappa shape index (κ1) is 61.4. The van der Waals surface area contributed by atoms with E-state index < -0.39 is 175 Å². The highest BCUT2D eigenvalue weighted by molar-refractivity contribution is 5.89. The molecule has 1 aromatic carbocycles. The summed E-state index contributed by atoms with van der Waals surface area (Å²) in [6.45, 7) is 11.0. The molecule has 27 atom stereocenters. The van der Waals surface area contributed by atoms with Gasteiger partial charge in [-0.2, -0.15) is 0 Å². The number of methoxy groups -OCH3 is 3. The van der Waals surface area contributed by atoms with Crippen molar-refractivity contribution in [3.05, 3.63) is 47.5 Å². The van der Waals surface area contributed by atoms with Gasteiger partial charge in [0.1, 0.15) is 84.1 Å².